The van der Waals surface area contributed by atoms with Crippen molar-refractivity contribution in [2.24, 2.45) is 0 Å². The predicted octanol–water partition coefficient (Wildman–Crippen LogP) is 0.823. The smallest absolute Gasteiger partial charge is 0.222 e. The highest BCUT2D eigenvalue weighted by molar-refractivity contribution is 5.76. The van der Waals surface area contributed by atoms with Crippen LogP contribution in [0.4, 0.5) is 0 Å². The molecule has 2 aliphatic heterocycles. The number of amides is 1. The summed E-state index contributed by atoms with van der Waals surface area (Å²) >= 11 is 0. The first-order chi connectivity index (χ1) is 8.05. The van der Waals surface area contributed by atoms with Crippen LogP contribution >= 0.6 is 0 Å². The zero-order valence-electron chi connectivity index (χ0n) is 10.5. The molecule has 0 saturated carbocycles. The van der Waals surface area contributed by atoms with Crippen LogP contribution in [0.2, 0.25) is 0 Å². The molecule has 2 saturated heterocycles. The van der Waals surface area contributed by atoms with Gasteiger partial charge in [-0.15, -0.1) is 0 Å². The molecular formula is C12H21NO4. The second-order valence-electron chi connectivity index (χ2n) is 5.09. The molecule has 1 amide bonds. The number of ether oxygens (including phenoxy) is 3. The quantitative estimate of drug-likeness (QED) is 0.794. The minimum absolute atomic E-state index is 0.0326. The average Bonchev–Trinajstić information content (AvgIpc) is 2.85. The van der Waals surface area contributed by atoms with E-state index in [1.807, 2.05) is 13.8 Å². The normalized spacial score (nSPS) is 31.6. The SMILES string of the molecule is CC1(C)OCC(CNC(=O)CC2CCCO2)O1. The maximum absolute atomic E-state index is 11.6. The van der Waals surface area contributed by atoms with Crippen LogP contribution in [0.25, 0.3) is 0 Å². The Kier molecular flexibility index (Phi) is 4.01. The van der Waals surface area contributed by atoms with Gasteiger partial charge in [-0.05, 0) is 26.7 Å². The van der Waals surface area contributed by atoms with Gasteiger partial charge in [-0.25, -0.2) is 0 Å². The van der Waals surface area contributed by atoms with Crippen LogP contribution in [0.1, 0.15) is 33.1 Å². The van der Waals surface area contributed by atoms with Gasteiger partial charge in [-0.2, -0.15) is 0 Å². The predicted molar refractivity (Wildman–Crippen MR) is 61.5 cm³/mol. The molecule has 2 rings (SSSR count). The van der Waals surface area contributed by atoms with Crippen LogP contribution in [0.15, 0.2) is 0 Å². The molecule has 5 nitrogen and oxygen atoms in total. The van der Waals surface area contributed by atoms with Gasteiger partial charge < -0.3 is 19.5 Å². The lowest BCUT2D eigenvalue weighted by Gasteiger charge is -2.17. The topological polar surface area (TPSA) is 56.8 Å². The van der Waals surface area contributed by atoms with E-state index in [1.54, 1.807) is 0 Å². The average molecular weight is 243 g/mol. The van der Waals surface area contributed by atoms with E-state index in [1.165, 1.54) is 0 Å². The number of hydrogen-bond acceptors (Lipinski definition) is 4. The second kappa shape index (κ2) is 5.33. The Labute approximate surface area is 102 Å². The van der Waals surface area contributed by atoms with Crippen molar-refractivity contribution in [1.82, 2.24) is 5.32 Å². The number of rotatable bonds is 4. The first-order valence-electron chi connectivity index (χ1n) is 6.25. The monoisotopic (exact) mass is 243 g/mol. The summed E-state index contributed by atoms with van der Waals surface area (Å²) in [5.74, 6) is -0.491. The highest BCUT2D eigenvalue weighted by atomic mass is 16.7. The molecule has 17 heavy (non-hydrogen) atoms. The molecule has 2 heterocycles. The van der Waals surface area contributed by atoms with E-state index >= 15 is 0 Å². The molecular weight excluding hydrogens is 222 g/mol. The Morgan fingerprint density at radius 2 is 2.24 bits per heavy atom. The van der Waals surface area contributed by atoms with Gasteiger partial charge in [0.15, 0.2) is 5.79 Å². The summed E-state index contributed by atoms with van der Waals surface area (Å²) in [6.07, 6.45) is 2.57. The van der Waals surface area contributed by atoms with Gasteiger partial charge in [0.1, 0.15) is 6.10 Å². The first kappa shape index (κ1) is 12.8. The first-order valence-corrected chi connectivity index (χ1v) is 6.25. The van der Waals surface area contributed by atoms with E-state index in [0.717, 1.165) is 19.4 Å². The summed E-state index contributed by atoms with van der Waals surface area (Å²) < 4.78 is 16.4. The Bertz CT molecular complexity index is 274. The van der Waals surface area contributed by atoms with Crippen molar-refractivity contribution in [2.75, 3.05) is 19.8 Å². The molecule has 0 radical (unpaired) electrons. The van der Waals surface area contributed by atoms with Gasteiger partial charge in [0.05, 0.1) is 19.1 Å². The lowest BCUT2D eigenvalue weighted by atomic mass is 10.2. The zero-order valence-corrected chi connectivity index (χ0v) is 10.5. The van der Waals surface area contributed by atoms with Crippen molar-refractivity contribution in [3.8, 4) is 0 Å². The number of carbonyl (C=O) groups excluding carboxylic acids is 1. The fraction of sp³-hybridized carbons (Fsp3) is 0.917. The van der Waals surface area contributed by atoms with Crippen LogP contribution in [0.3, 0.4) is 0 Å². The molecule has 0 spiro atoms. The summed E-state index contributed by atoms with van der Waals surface area (Å²) in [6, 6.07) is 0. The van der Waals surface area contributed by atoms with Crippen molar-refractivity contribution < 1.29 is 19.0 Å². The van der Waals surface area contributed by atoms with Crippen molar-refractivity contribution >= 4 is 5.91 Å². The Hall–Kier alpha value is -0.650. The molecule has 1 N–H and O–H groups in total. The molecule has 2 atom stereocenters. The van der Waals surface area contributed by atoms with Crippen molar-refractivity contribution in [1.29, 1.82) is 0 Å². The van der Waals surface area contributed by atoms with E-state index < -0.39 is 5.79 Å². The number of hydrogen-bond donors (Lipinski definition) is 1. The molecule has 0 aliphatic carbocycles. The Morgan fingerprint density at radius 3 is 2.82 bits per heavy atom. The lowest BCUT2D eigenvalue weighted by molar-refractivity contribution is -0.139. The highest BCUT2D eigenvalue weighted by Crippen LogP contribution is 2.21. The van der Waals surface area contributed by atoms with E-state index in [-0.39, 0.29) is 18.1 Å². The summed E-state index contributed by atoms with van der Waals surface area (Å²) in [7, 11) is 0. The molecule has 98 valence electrons. The van der Waals surface area contributed by atoms with Gasteiger partial charge in [-0.1, -0.05) is 0 Å². The minimum atomic E-state index is -0.524. The molecule has 0 bridgehead atoms. The van der Waals surface area contributed by atoms with Gasteiger partial charge in [0, 0.05) is 13.2 Å². The van der Waals surface area contributed by atoms with Crippen molar-refractivity contribution in [2.45, 2.75) is 51.1 Å². The third-order valence-corrected chi connectivity index (χ3v) is 3.03. The summed E-state index contributed by atoms with van der Waals surface area (Å²) in [4.78, 5) is 11.6. The molecule has 0 aromatic rings. The molecule has 2 unspecified atom stereocenters. The van der Waals surface area contributed by atoms with E-state index in [2.05, 4.69) is 5.32 Å². The Morgan fingerprint density at radius 1 is 1.41 bits per heavy atom. The van der Waals surface area contributed by atoms with Gasteiger partial charge in [-0.3, -0.25) is 4.79 Å². The maximum Gasteiger partial charge on any atom is 0.222 e. The minimum Gasteiger partial charge on any atom is -0.378 e. The molecule has 0 aromatic carbocycles. The lowest BCUT2D eigenvalue weighted by Crippen LogP contribution is -2.35. The summed E-state index contributed by atoms with van der Waals surface area (Å²) in [6.45, 7) is 5.58. The third kappa shape index (κ3) is 3.94. The fourth-order valence-corrected chi connectivity index (χ4v) is 2.18. The van der Waals surface area contributed by atoms with Crippen molar-refractivity contribution in [3.63, 3.8) is 0 Å². The van der Waals surface area contributed by atoms with Gasteiger partial charge >= 0.3 is 0 Å². The molecule has 2 aliphatic rings. The van der Waals surface area contributed by atoms with Crippen LogP contribution in [-0.4, -0.2) is 43.7 Å². The maximum atomic E-state index is 11.6. The third-order valence-electron chi connectivity index (χ3n) is 3.03. The molecule has 2 fully saturated rings. The van der Waals surface area contributed by atoms with E-state index in [9.17, 15) is 4.79 Å². The summed E-state index contributed by atoms with van der Waals surface area (Å²) in [5.41, 5.74) is 0. The molecule has 0 aromatic heterocycles. The fourth-order valence-electron chi connectivity index (χ4n) is 2.18. The Balaban J connectivity index is 1.63. The van der Waals surface area contributed by atoms with Crippen LogP contribution < -0.4 is 5.32 Å². The molecule has 5 heteroatoms. The number of nitrogens with one attached hydrogen (secondary N) is 1. The van der Waals surface area contributed by atoms with E-state index in [4.69, 9.17) is 14.2 Å². The largest absolute Gasteiger partial charge is 0.378 e. The van der Waals surface area contributed by atoms with E-state index in [0.29, 0.717) is 19.6 Å². The standard InChI is InChI=1S/C12H21NO4/c1-12(2)16-8-10(17-12)7-13-11(14)6-9-4-3-5-15-9/h9-10H,3-8H2,1-2H3,(H,13,14). The van der Waals surface area contributed by atoms with Gasteiger partial charge in [0.25, 0.3) is 0 Å². The van der Waals surface area contributed by atoms with Crippen molar-refractivity contribution in [3.05, 3.63) is 0 Å². The highest BCUT2D eigenvalue weighted by Gasteiger charge is 2.32. The summed E-state index contributed by atoms with van der Waals surface area (Å²) in [5, 5.41) is 2.87. The van der Waals surface area contributed by atoms with Crippen LogP contribution in [0.5, 0.6) is 0 Å². The number of carbonyl (C=O) groups is 1. The van der Waals surface area contributed by atoms with Gasteiger partial charge in [0.2, 0.25) is 5.91 Å². The second-order valence-corrected chi connectivity index (χ2v) is 5.09. The van der Waals surface area contributed by atoms with Crippen LogP contribution in [-0.2, 0) is 19.0 Å². The zero-order chi connectivity index (χ0) is 12.3. The van der Waals surface area contributed by atoms with Crippen LogP contribution in [0, 0.1) is 0 Å².